The van der Waals surface area contributed by atoms with E-state index < -0.39 is 11.6 Å². The normalized spacial score (nSPS) is 27.1. The van der Waals surface area contributed by atoms with Gasteiger partial charge in [0.25, 0.3) is 0 Å². The van der Waals surface area contributed by atoms with Crippen molar-refractivity contribution in [2.24, 2.45) is 5.73 Å². The molecular formula is C13H11BrFNS. The quantitative estimate of drug-likeness (QED) is 0.847. The lowest BCUT2D eigenvalue weighted by molar-refractivity contribution is 0.332. The van der Waals surface area contributed by atoms with Crippen molar-refractivity contribution in [3.05, 3.63) is 58.6 Å². The van der Waals surface area contributed by atoms with E-state index in [9.17, 15) is 4.39 Å². The molecule has 2 unspecified atom stereocenters. The van der Waals surface area contributed by atoms with Crippen LogP contribution in [0.1, 0.15) is 5.56 Å². The van der Waals surface area contributed by atoms with E-state index in [4.69, 9.17) is 18.0 Å². The first-order chi connectivity index (χ1) is 8.07. The molecule has 1 aliphatic rings. The molecule has 0 radical (unpaired) electrons. The van der Waals surface area contributed by atoms with Crippen molar-refractivity contribution in [2.45, 2.75) is 11.6 Å². The van der Waals surface area contributed by atoms with E-state index in [1.807, 2.05) is 24.3 Å². The van der Waals surface area contributed by atoms with Crippen LogP contribution in [0.2, 0.25) is 0 Å². The molecule has 0 saturated carbocycles. The first kappa shape index (κ1) is 12.5. The van der Waals surface area contributed by atoms with Crippen molar-refractivity contribution >= 4 is 33.1 Å². The van der Waals surface area contributed by atoms with Crippen LogP contribution in [0.4, 0.5) is 4.39 Å². The van der Waals surface area contributed by atoms with E-state index >= 15 is 0 Å². The number of nitrogens with two attached hydrogens (primary N) is 1. The average Bonchev–Trinajstić information content (AvgIpc) is 2.31. The number of rotatable bonds is 2. The Kier molecular flexibility index (Phi) is 3.45. The Labute approximate surface area is 113 Å². The molecule has 88 valence electrons. The van der Waals surface area contributed by atoms with E-state index in [-0.39, 0.29) is 4.99 Å². The van der Waals surface area contributed by atoms with Crippen LogP contribution in [0.15, 0.2) is 53.0 Å². The number of hydrogen-bond donors (Lipinski definition) is 1. The fourth-order valence-electron chi connectivity index (χ4n) is 1.95. The molecule has 0 aromatic heterocycles. The molecule has 1 aromatic carbocycles. The summed E-state index contributed by atoms with van der Waals surface area (Å²) in [5, 5.41) is 0. The van der Waals surface area contributed by atoms with Crippen molar-refractivity contribution in [1.29, 1.82) is 0 Å². The van der Waals surface area contributed by atoms with Crippen LogP contribution in [0.25, 0.3) is 0 Å². The minimum absolute atomic E-state index is 0.146. The minimum Gasteiger partial charge on any atom is -0.392 e. The number of halogens is 2. The smallest absolute Gasteiger partial charge is 0.138 e. The third kappa shape index (κ3) is 2.07. The first-order valence-corrected chi connectivity index (χ1v) is 6.33. The van der Waals surface area contributed by atoms with Gasteiger partial charge in [-0.25, -0.2) is 4.39 Å². The molecule has 0 spiro atoms. The number of allylic oxidation sites excluding steroid dienone is 3. The van der Waals surface area contributed by atoms with Crippen molar-refractivity contribution in [3.63, 3.8) is 0 Å². The van der Waals surface area contributed by atoms with Crippen LogP contribution in [0.3, 0.4) is 0 Å². The highest BCUT2D eigenvalue weighted by molar-refractivity contribution is 9.10. The van der Waals surface area contributed by atoms with Crippen LogP contribution in [-0.4, -0.2) is 11.2 Å². The molecule has 0 saturated heterocycles. The Morgan fingerprint density at radius 2 is 1.94 bits per heavy atom. The highest BCUT2D eigenvalue weighted by Crippen LogP contribution is 2.36. The predicted octanol–water partition coefficient (Wildman–Crippen LogP) is 3.44. The van der Waals surface area contributed by atoms with Crippen LogP contribution in [0, 0.1) is 0 Å². The number of thiocarbonyl (C=S) groups is 1. The molecule has 0 bridgehead atoms. The summed E-state index contributed by atoms with van der Waals surface area (Å²) >= 11 is 8.41. The number of alkyl halides is 1. The Balaban J connectivity index is 2.56. The van der Waals surface area contributed by atoms with Gasteiger partial charge in [0.05, 0.1) is 10.4 Å². The molecule has 1 nitrogen and oxygen atoms in total. The molecule has 0 fully saturated rings. The molecule has 0 aliphatic heterocycles. The summed E-state index contributed by atoms with van der Waals surface area (Å²) in [6.45, 7) is 0. The van der Waals surface area contributed by atoms with Crippen LogP contribution in [-0.2, 0) is 5.41 Å². The van der Waals surface area contributed by atoms with Crippen molar-refractivity contribution < 1.29 is 4.39 Å². The zero-order valence-electron chi connectivity index (χ0n) is 8.94. The summed E-state index contributed by atoms with van der Waals surface area (Å²) in [5.74, 6) is 0. The van der Waals surface area contributed by atoms with Gasteiger partial charge in [-0.05, 0) is 23.8 Å². The summed E-state index contributed by atoms with van der Waals surface area (Å²) in [5.41, 5.74) is 5.50. The lowest BCUT2D eigenvalue weighted by Crippen LogP contribution is -2.46. The summed E-state index contributed by atoms with van der Waals surface area (Å²) < 4.78 is 15.2. The van der Waals surface area contributed by atoms with E-state index in [1.165, 1.54) is 6.08 Å². The van der Waals surface area contributed by atoms with Crippen LogP contribution < -0.4 is 5.73 Å². The molecule has 2 N–H and O–H groups in total. The standard InChI is InChI=1S/C13H11BrFNS/c14-10-6-4-9(5-7-10)13(12(16)17)8-2-1-3-11(13)15/h1-8,11H,(H2,16,17). The lowest BCUT2D eigenvalue weighted by atomic mass is 9.74. The zero-order valence-corrected chi connectivity index (χ0v) is 11.3. The van der Waals surface area contributed by atoms with Gasteiger partial charge in [0, 0.05) is 4.47 Å². The molecule has 2 atom stereocenters. The predicted molar refractivity (Wildman–Crippen MR) is 75.8 cm³/mol. The van der Waals surface area contributed by atoms with Gasteiger partial charge in [-0.1, -0.05) is 58.5 Å². The van der Waals surface area contributed by atoms with Gasteiger partial charge in [-0.3, -0.25) is 0 Å². The van der Waals surface area contributed by atoms with Crippen molar-refractivity contribution in [3.8, 4) is 0 Å². The first-order valence-electron chi connectivity index (χ1n) is 5.13. The van der Waals surface area contributed by atoms with Gasteiger partial charge in [0.15, 0.2) is 0 Å². The van der Waals surface area contributed by atoms with Gasteiger partial charge in [0.1, 0.15) is 6.17 Å². The molecule has 1 aromatic rings. The maximum absolute atomic E-state index is 14.2. The zero-order chi connectivity index (χ0) is 12.5. The fourth-order valence-corrected chi connectivity index (χ4v) is 2.52. The minimum atomic E-state index is -1.23. The fraction of sp³-hybridized carbons (Fsp3) is 0.154. The maximum Gasteiger partial charge on any atom is 0.138 e. The Morgan fingerprint density at radius 3 is 2.47 bits per heavy atom. The second-order valence-corrected chi connectivity index (χ2v) is 5.24. The summed E-state index contributed by atoms with van der Waals surface area (Å²) in [7, 11) is 0. The second kappa shape index (κ2) is 4.70. The van der Waals surface area contributed by atoms with Crippen molar-refractivity contribution in [2.75, 3.05) is 0 Å². The molecular weight excluding hydrogens is 301 g/mol. The average molecular weight is 312 g/mol. The number of benzene rings is 1. The Hall–Kier alpha value is -1.00. The topological polar surface area (TPSA) is 26.0 Å². The third-order valence-corrected chi connectivity index (χ3v) is 3.78. The monoisotopic (exact) mass is 311 g/mol. The molecule has 0 amide bonds. The summed E-state index contributed by atoms with van der Waals surface area (Å²) in [6, 6.07) is 7.38. The highest BCUT2D eigenvalue weighted by atomic mass is 79.9. The van der Waals surface area contributed by atoms with Crippen molar-refractivity contribution in [1.82, 2.24) is 0 Å². The van der Waals surface area contributed by atoms with Gasteiger partial charge in [-0.15, -0.1) is 0 Å². The second-order valence-electron chi connectivity index (χ2n) is 3.89. The van der Waals surface area contributed by atoms with E-state index in [0.717, 1.165) is 10.0 Å². The van der Waals surface area contributed by atoms with E-state index in [0.29, 0.717) is 0 Å². The Morgan fingerprint density at radius 1 is 1.29 bits per heavy atom. The molecule has 0 heterocycles. The summed E-state index contributed by atoms with van der Waals surface area (Å²) in [4.78, 5) is 0.146. The lowest BCUT2D eigenvalue weighted by Gasteiger charge is -2.33. The number of hydrogen-bond acceptors (Lipinski definition) is 1. The van der Waals surface area contributed by atoms with E-state index in [1.54, 1.807) is 18.2 Å². The van der Waals surface area contributed by atoms with Gasteiger partial charge in [-0.2, -0.15) is 0 Å². The van der Waals surface area contributed by atoms with Gasteiger partial charge >= 0.3 is 0 Å². The van der Waals surface area contributed by atoms with Gasteiger partial charge < -0.3 is 5.73 Å². The van der Waals surface area contributed by atoms with Gasteiger partial charge in [0.2, 0.25) is 0 Å². The maximum atomic E-state index is 14.2. The molecule has 4 heteroatoms. The highest BCUT2D eigenvalue weighted by Gasteiger charge is 2.41. The molecule has 1 aliphatic carbocycles. The van der Waals surface area contributed by atoms with E-state index in [2.05, 4.69) is 15.9 Å². The van der Waals surface area contributed by atoms with Crippen LogP contribution >= 0.6 is 28.1 Å². The third-order valence-electron chi connectivity index (χ3n) is 2.91. The Bertz CT molecular complexity index is 495. The molecule has 17 heavy (non-hydrogen) atoms. The summed E-state index contributed by atoms with van der Waals surface area (Å²) in [6.07, 6.45) is 5.41. The SMILES string of the molecule is NC(=S)C1(c2ccc(Br)cc2)C=CC=CC1F. The van der Waals surface area contributed by atoms with Crippen LogP contribution in [0.5, 0.6) is 0 Å². The molecule has 2 rings (SSSR count). The largest absolute Gasteiger partial charge is 0.392 e.